The number of nitrogens with zero attached hydrogens (tertiary/aromatic N) is 1. The van der Waals surface area contributed by atoms with Crippen molar-refractivity contribution in [3.8, 4) is 23.0 Å². The molecule has 3 aliphatic heterocycles. The molecule has 0 spiro atoms. The summed E-state index contributed by atoms with van der Waals surface area (Å²) in [4.78, 5) is 2.46. The highest BCUT2D eigenvalue weighted by Gasteiger charge is 2.50. The van der Waals surface area contributed by atoms with Gasteiger partial charge in [0.2, 0.25) is 0 Å². The quantitative estimate of drug-likeness (QED) is 0.214. The predicted octanol–water partition coefficient (Wildman–Crippen LogP) is 6.19. The number of aryl methyl sites for hydroxylation is 2. The smallest absolute Gasteiger partial charge is 0.260 e. The number of para-hydroxylation sites is 2. The normalized spacial score (nSPS) is 14.3. The lowest BCUT2D eigenvalue weighted by Gasteiger charge is -2.46. The van der Waals surface area contributed by atoms with Gasteiger partial charge in [0.15, 0.2) is 8.07 Å². The molecule has 0 saturated heterocycles. The summed E-state index contributed by atoms with van der Waals surface area (Å²) >= 11 is 0. The van der Waals surface area contributed by atoms with E-state index in [1.54, 1.807) is 0 Å². The molecule has 3 nitrogen and oxygen atoms in total. The highest BCUT2D eigenvalue weighted by molar-refractivity contribution is 7.21. The number of hydrogen-bond donors (Lipinski definition) is 0. The molecule has 0 saturated carbocycles. The van der Waals surface area contributed by atoms with Gasteiger partial charge in [-0.2, -0.15) is 0 Å². The van der Waals surface area contributed by atoms with Crippen molar-refractivity contribution in [1.82, 2.24) is 0 Å². The van der Waals surface area contributed by atoms with Crippen molar-refractivity contribution in [2.45, 2.75) is 13.8 Å². The maximum Gasteiger partial charge on any atom is 0.260 e. The SMILES string of the molecule is Cc1ccc2c(c1)[Si](c1ccccc1)(c1ccccc1)c1cc(C)ccc1N2c1ccc2c3c1Oc1ccccc1B3c1ccccc1O2. The molecule has 0 unspecified atom stereocenters. The highest BCUT2D eigenvalue weighted by atomic mass is 28.3. The van der Waals surface area contributed by atoms with Gasteiger partial charge in [-0.1, -0.05) is 132 Å². The molecule has 0 aliphatic carbocycles. The summed E-state index contributed by atoms with van der Waals surface area (Å²) in [6.45, 7) is 4.43. The van der Waals surface area contributed by atoms with Crippen LogP contribution in [0.15, 0.2) is 158 Å². The third-order valence-corrected chi connectivity index (χ3v) is 15.4. The first-order chi connectivity index (χ1) is 24.1. The largest absolute Gasteiger partial charge is 0.458 e. The summed E-state index contributed by atoms with van der Waals surface area (Å²) < 4.78 is 13.6. The van der Waals surface area contributed by atoms with Crippen molar-refractivity contribution < 1.29 is 9.47 Å². The third-order valence-electron chi connectivity index (χ3n) is 10.6. The van der Waals surface area contributed by atoms with Gasteiger partial charge in [0.1, 0.15) is 23.0 Å². The molecule has 3 aliphatic rings. The summed E-state index contributed by atoms with van der Waals surface area (Å²) in [6.07, 6.45) is 0. The van der Waals surface area contributed by atoms with E-state index in [1.165, 1.54) is 43.2 Å². The second-order valence-corrected chi connectivity index (χ2v) is 17.1. The van der Waals surface area contributed by atoms with Crippen molar-refractivity contribution in [1.29, 1.82) is 0 Å². The van der Waals surface area contributed by atoms with Crippen molar-refractivity contribution in [3.63, 3.8) is 0 Å². The molecule has 0 aromatic heterocycles. The van der Waals surface area contributed by atoms with Gasteiger partial charge in [0, 0.05) is 16.8 Å². The van der Waals surface area contributed by atoms with Crippen molar-refractivity contribution in [2.75, 3.05) is 4.90 Å². The third kappa shape index (κ3) is 3.97. The van der Waals surface area contributed by atoms with E-state index in [1.807, 2.05) is 6.07 Å². The summed E-state index contributed by atoms with van der Waals surface area (Å²) in [7, 11) is -2.78. The van der Waals surface area contributed by atoms with E-state index in [0.717, 1.165) is 45.1 Å². The molecule has 232 valence electrons. The van der Waals surface area contributed by atoms with Crippen LogP contribution in [-0.2, 0) is 0 Å². The van der Waals surface area contributed by atoms with E-state index in [2.05, 4.69) is 170 Å². The number of rotatable bonds is 3. The standard InChI is InChI=1S/C44H32BNO2Si/c1-29-21-23-35-41(27-29)49(31-13-5-3-6-14-31,32-15-7-4-8-16-32)42-28-30(2)22-24-36(42)46(35)37-25-26-40-43-44(37)48-39-20-12-10-18-34(39)45(43)33-17-9-11-19-38(33)47-40/h3-28H,1-2H3. The maximum atomic E-state index is 7.01. The minimum atomic E-state index is -2.78. The Kier molecular flexibility index (Phi) is 6.12. The van der Waals surface area contributed by atoms with Crippen LogP contribution in [-0.4, -0.2) is 14.8 Å². The molecule has 49 heavy (non-hydrogen) atoms. The molecular formula is C44H32BNO2Si. The molecule has 0 radical (unpaired) electrons. The lowest BCUT2D eigenvalue weighted by Crippen LogP contribution is -2.77. The van der Waals surface area contributed by atoms with Crippen LogP contribution in [0.4, 0.5) is 17.1 Å². The molecule has 7 aromatic rings. The second kappa shape index (κ2) is 10.6. The minimum absolute atomic E-state index is 0.00159. The molecule has 0 fully saturated rings. The van der Waals surface area contributed by atoms with E-state index >= 15 is 0 Å². The van der Waals surface area contributed by atoms with Crippen LogP contribution in [0, 0.1) is 13.8 Å². The monoisotopic (exact) mass is 645 g/mol. The first kappa shape index (κ1) is 28.3. The molecule has 10 rings (SSSR count). The van der Waals surface area contributed by atoms with Crippen LogP contribution in [0.5, 0.6) is 23.0 Å². The van der Waals surface area contributed by atoms with Gasteiger partial charge in [-0.3, -0.25) is 0 Å². The summed E-state index contributed by atoms with van der Waals surface area (Å²) in [5.74, 6) is 3.48. The molecule has 3 heterocycles. The molecule has 0 amide bonds. The van der Waals surface area contributed by atoms with Crippen LogP contribution < -0.4 is 51.5 Å². The first-order valence-electron chi connectivity index (χ1n) is 17.0. The van der Waals surface area contributed by atoms with Gasteiger partial charge in [0.25, 0.3) is 6.71 Å². The van der Waals surface area contributed by atoms with Crippen LogP contribution in [0.2, 0.25) is 0 Å². The summed E-state index contributed by atoms with van der Waals surface area (Å²) in [6, 6.07) is 57.7. The Morgan fingerprint density at radius 3 is 1.53 bits per heavy atom. The fourth-order valence-electron chi connectivity index (χ4n) is 8.54. The first-order valence-corrected chi connectivity index (χ1v) is 19.0. The van der Waals surface area contributed by atoms with E-state index < -0.39 is 8.07 Å². The van der Waals surface area contributed by atoms with Gasteiger partial charge in [-0.15, -0.1) is 0 Å². The molecule has 0 atom stereocenters. The number of anilines is 3. The van der Waals surface area contributed by atoms with Gasteiger partial charge in [-0.05, 0) is 81.9 Å². The second-order valence-electron chi connectivity index (χ2n) is 13.4. The zero-order valence-corrected chi connectivity index (χ0v) is 28.4. The number of fused-ring (bicyclic) bond motifs is 6. The molecule has 0 N–H and O–H groups in total. The fraction of sp³-hybridized carbons (Fsp3) is 0.0455. The molecular weight excluding hydrogens is 613 g/mol. The van der Waals surface area contributed by atoms with Crippen molar-refractivity contribution in [3.05, 3.63) is 169 Å². The van der Waals surface area contributed by atoms with E-state index in [-0.39, 0.29) is 6.71 Å². The van der Waals surface area contributed by atoms with E-state index in [9.17, 15) is 0 Å². The van der Waals surface area contributed by atoms with Crippen LogP contribution in [0.25, 0.3) is 0 Å². The Bertz CT molecular complexity index is 2340. The van der Waals surface area contributed by atoms with Gasteiger partial charge in [-0.25, -0.2) is 0 Å². The number of hydrogen-bond acceptors (Lipinski definition) is 3. The predicted molar refractivity (Wildman–Crippen MR) is 205 cm³/mol. The van der Waals surface area contributed by atoms with Crippen molar-refractivity contribution in [2.24, 2.45) is 0 Å². The van der Waals surface area contributed by atoms with Gasteiger partial charge >= 0.3 is 0 Å². The molecule has 0 bridgehead atoms. The average Bonchev–Trinajstić information content (AvgIpc) is 3.15. The summed E-state index contributed by atoms with van der Waals surface area (Å²) in [5, 5.41) is 5.51. The Morgan fingerprint density at radius 2 is 0.959 bits per heavy atom. The van der Waals surface area contributed by atoms with Gasteiger partial charge < -0.3 is 14.4 Å². The van der Waals surface area contributed by atoms with Crippen molar-refractivity contribution >= 4 is 69.0 Å². The van der Waals surface area contributed by atoms with Crippen LogP contribution >= 0.6 is 0 Å². The fourth-order valence-corrected chi connectivity index (χ4v) is 13.8. The molecule has 7 aromatic carbocycles. The Labute approximate surface area is 288 Å². The summed E-state index contributed by atoms with van der Waals surface area (Å²) in [5.41, 5.74) is 9.30. The Hall–Kier alpha value is -5.78. The Balaban J connectivity index is 1.30. The number of ether oxygens (including phenoxy) is 2. The van der Waals surface area contributed by atoms with E-state index in [4.69, 9.17) is 9.47 Å². The van der Waals surface area contributed by atoms with Gasteiger partial charge in [0.05, 0.1) is 5.69 Å². The highest BCUT2D eigenvalue weighted by Crippen LogP contribution is 2.47. The van der Waals surface area contributed by atoms with Crippen LogP contribution in [0.1, 0.15) is 11.1 Å². The topological polar surface area (TPSA) is 21.7 Å². The van der Waals surface area contributed by atoms with Crippen LogP contribution in [0.3, 0.4) is 0 Å². The lowest BCUT2D eigenvalue weighted by molar-refractivity contribution is 0.465. The Morgan fingerprint density at radius 1 is 0.469 bits per heavy atom. The maximum absolute atomic E-state index is 7.01. The zero-order chi connectivity index (χ0) is 32.7. The minimum Gasteiger partial charge on any atom is -0.458 e. The zero-order valence-electron chi connectivity index (χ0n) is 27.4. The molecule has 5 heteroatoms. The lowest BCUT2D eigenvalue weighted by atomic mass is 9.35. The number of benzene rings is 7. The van der Waals surface area contributed by atoms with E-state index in [0.29, 0.717) is 0 Å². The average molecular weight is 646 g/mol.